The molecule has 0 N–H and O–H groups in total. The summed E-state index contributed by atoms with van der Waals surface area (Å²) in [5.41, 5.74) is 5.08. The van der Waals surface area contributed by atoms with E-state index < -0.39 is 0 Å². The minimum absolute atomic E-state index is 0.0563. The third-order valence-corrected chi connectivity index (χ3v) is 5.98. The van der Waals surface area contributed by atoms with Crippen molar-refractivity contribution in [2.24, 2.45) is 0 Å². The average molecular weight is 443 g/mol. The normalized spacial score (nSPS) is 12.6. The second-order valence-corrected chi connectivity index (χ2v) is 8.21. The highest BCUT2D eigenvalue weighted by atomic mass is 16.5. The summed E-state index contributed by atoms with van der Waals surface area (Å²) in [5.74, 6) is 2.30. The molecule has 0 unspecified atom stereocenters. The van der Waals surface area contributed by atoms with Crippen LogP contribution in [-0.2, 0) is 24.3 Å². The predicted octanol–water partition coefficient (Wildman–Crippen LogP) is 4.07. The predicted molar refractivity (Wildman–Crippen MR) is 125 cm³/mol. The third kappa shape index (κ3) is 3.86. The first-order valence-corrected chi connectivity index (χ1v) is 10.9. The van der Waals surface area contributed by atoms with Gasteiger partial charge in [0.05, 0.1) is 45.1 Å². The topological polar surface area (TPSA) is 61.5 Å². The van der Waals surface area contributed by atoms with Gasteiger partial charge in [-0.1, -0.05) is 18.2 Å². The second kappa shape index (κ2) is 8.50. The van der Waals surface area contributed by atoms with E-state index >= 15 is 0 Å². The van der Waals surface area contributed by atoms with E-state index in [0.717, 1.165) is 28.3 Å². The highest BCUT2D eigenvalue weighted by Crippen LogP contribution is 2.32. The molecule has 5 rings (SSSR count). The fourth-order valence-corrected chi connectivity index (χ4v) is 4.34. The maximum Gasteiger partial charge on any atom is 0.227 e. The zero-order valence-corrected chi connectivity index (χ0v) is 19.0. The molecule has 7 nitrogen and oxygen atoms in total. The number of aromatic nitrogens is 3. The van der Waals surface area contributed by atoms with Crippen LogP contribution in [0.2, 0.25) is 0 Å². The van der Waals surface area contributed by atoms with E-state index in [1.807, 2.05) is 58.4 Å². The van der Waals surface area contributed by atoms with Crippen molar-refractivity contribution in [3.8, 4) is 23.0 Å². The maximum absolute atomic E-state index is 13.1. The number of carbonyl (C=O) groups excluding carboxylic acids is 1. The minimum atomic E-state index is 0.0563. The molecule has 1 aliphatic heterocycles. The number of hydrogen-bond acceptors (Lipinski definition) is 4. The molecule has 0 radical (unpaired) electrons. The van der Waals surface area contributed by atoms with Crippen molar-refractivity contribution in [1.29, 1.82) is 0 Å². The van der Waals surface area contributed by atoms with Crippen LogP contribution >= 0.6 is 0 Å². The van der Waals surface area contributed by atoms with Crippen LogP contribution in [0.1, 0.15) is 22.4 Å². The van der Waals surface area contributed by atoms with Gasteiger partial charge < -0.3 is 18.9 Å². The summed E-state index contributed by atoms with van der Waals surface area (Å²) in [4.78, 5) is 15.0. The Kier molecular flexibility index (Phi) is 5.38. The molecule has 0 bridgehead atoms. The van der Waals surface area contributed by atoms with Gasteiger partial charge in [0.2, 0.25) is 5.91 Å². The summed E-state index contributed by atoms with van der Waals surface area (Å²) >= 11 is 0. The van der Waals surface area contributed by atoms with Gasteiger partial charge in [-0.05, 0) is 54.4 Å². The molecular formula is C26H26N4O3. The van der Waals surface area contributed by atoms with Crippen molar-refractivity contribution in [3.63, 3.8) is 0 Å². The Morgan fingerprint density at radius 2 is 1.76 bits per heavy atom. The highest BCUT2D eigenvalue weighted by Gasteiger charge is 2.31. The molecule has 0 fully saturated rings. The third-order valence-electron chi connectivity index (χ3n) is 5.98. The molecule has 33 heavy (non-hydrogen) atoms. The average Bonchev–Trinajstić information content (AvgIpc) is 3.55. The van der Waals surface area contributed by atoms with Crippen LogP contribution in [0.5, 0.6) is 11.5 Å². The Bertz CT molecular complexity index is 1310. The number of nitrogens with zero attached hydrogens (tertiary/aromatic N) is 4. The van der Waals surface area contributed by atoms with Gasteiger partial charge >= 0.3 is 0 Å². The number of amides is 1. The highest BCUT2D eigenvalue weighted by molar-refractivity contribution is 5.80. The molecule has 1 amide bonds. The fraction of sp³-hybridized carbons (Fsp3) is 0.231. The number of carbonyl (C=O) groups is 1. The summed E-state index contributed by atoms with van der Waals surface area (Å²) in [7, 11) is 3.20. The van der Waals surface area contributed by atoms with Crippen molar-refractivity contribution < 1.29 is 14.3 Å². The lowest BCUT2D eigenvalue weighted by molar-refractivity contribution is -0.131. The Balaban J connectivity index is 1.42. The van der Waals surface area contributed by atoms with E-state index in [-0.39, 0.29) is 5.91 Å². The van der Waals surface area contributed by atoms with Crippen LogP contribution in [0, 0.1) is 6.92 Å². The van der Waals surface area contributed by atoms with Gasteiger partial charge in [-0.15, -0.1) is 0 Å². The fourth-order valence-electron chi connectivity index (χ4n) is 4.34. The van der Waals surface area contributed by atoms with Gasteiger partial charge in [-0.25, -0.2) is 4.68 Å². The molecule has 0 saturated carbocycles. The van der Waals surface area contributed by atoms with Gasteiger partial charge in [-0.2, -0.15) is 5.10 Å². The molecule has 3 heterocycles. The molecule has 1 aliphatic rings. The van der Waals surface area contributed by atoms with Gasteiger partial charge in [0.1, 0.15) is 5.82 Å². The number of rotatable bonds is 6. The lowest BCUT2D eigenvalue weighted by Crippen LogP contribution is -2.28. The molecular weight excluding hydrogens is 416 g/mol. The van der Waals surface area contributed by atoms with E-state index in [1.54, 1.807) is 14.2 Å². The van der Waals surface area contributed by atoms with Crippen LogP contribution in [0.15, 0.2) is 67.0 Å². The Morgan fingerprint density at radius 3 is 2.48 bits per heavy atom. The Hall–Kier alpha value is -4.00. The summed E-state index contributed by atoms with van der Waals surface area (Å²) in [5, 5.41) is 4.91. The zero-order valence-electron chi connectivity index (χ0n) is 19.0. The number of fused-ring (bicyclic) bond motifs is 1. The summed E-state index contributed by atoms with van der Waals surface area (Å²) in [6.45, 7) is 3.10. The van der Waals surface area contributed by atoms with Crippen LogP contribution in [0.3, 0.4) is 0 Å². The van der Waals surface area contributed by atoms with E-state index in [4.69, 9.17) is 14.6 Å². The number of hydrogen-bond donors (Lipinski definition) is 0. The molecule has 0 spiro atoms. The molecule has 4 aromatic rings. The molecule has 0 saturated heterocycles. The van der Waals surface area contributed by atoms with Crippen LogP contribution in [0.4, 0.5) is 0 Å². The van der Waals surface area contributed by atoms with Crippen LogP contribution in [0.25, 0.3) is 11.5 Å². The van der Waals surface area contributed by atoms with Gasteiger partial charge in [-0.3, -0.25) is 4.79 Å². The van der Waals surface area contributed by atoms with Crippen molar-refractivity contribution in [2.45, 2.75) is 26.4 Å². The van der Waals surface area contributed by atoms with Gasteiger partial charge in [0, 0.05) is 18.0 Å². The molecule has 0 aliphatic carbocycles. The largest absolute Gasteiger partial charge is 0.493 e. The van der Waals surface area contributed by atoms with Crippen molar-refractivity contribution in [2.75, 3.05) is 14.2 Å². The Morgan fingerprint density at radius 1 is 0.970 bits per heavy atom. The van der Waals surface area contributed by atoms with E-state index in [0.29, 0.717) is 31.0 Å². The molecule has 0 atom stereocenters. The minimum Gasteiger partial charge on any atom is -0.493 e. The van der Waals surface area contributed by atoms with Crippen LogP contribution < -0.4 is 9.47 Å². The smallest absolute Gasteiger partial charge is 0.227 e. The summed E-state index contributed by atoms with van der Waals surface area (Å²) in [6, 6.07) is 17.9. The summed E-state index contributed by atoms with van der Waals surface area (Å²) in [6.07, 6.45) is 4.32. The lowest BCUT2D eigenvalue weighted by atomic mass is 10.1. The summed E-state index contributed by atoms with van der Waals surface area (Å²) < 4.78 is 14.7. The Labute approximate surface area is 192 Å². The van der Waals surface area contributed by atoms with Crippen LogP contribution in [-0.4, -0.2) is 39.4 Å². The second-order valence-electron chi connectivity index (χ2n) is 8.21. The quantitative estimate of drug-likeness (QED) is 0.452. The van der Waals surface area contributed by atoms with Gasteiger partial charge in [0.15, 0.2) is 11.5 Å². The van der Waals surface area contributed by atoms with Crippen molar-refractivity contribution >= 4 is 5.91 Å². The maximum atomic E-state index is 13.1. The monoisotopic (exact) mass is 442 g/mol. The molecule has 2 aromatic heterocycles. The SMILES string of the molecule is COc1ccc(CC(=O)N2Cc3nn(-c4cccc(C)c4)c(-n4cccc4)c3C2)cc1OC. The lowest BCUT2D eigenvalue weighted by Gasteiger charge is -2.18. The van der Waals surface area contributed by atoms with Gasteiger partial charge in [0.25, 0.3) is 0 Å². The first-order chi connectivity index (χ1) is 16.1. The van der Waals surface area contributed by atoms with Crippen molar-refractivity contribution in [1.82, 2.24) is 19.2 Å². The van der Waals surface area contributed by atoms with Crippen molar-refractivity contribution in [3.05, 3.63) is 89.4 Å². The number of benzene rings is 2. The van der Waals surface area contributed by atoms with E-state index in [9.17, 15) is 4.79 Å². The number of methoxy groups -OCH3 is 2. The zero-order chi connectivity index (χ0) is 22.9. The number of aryl methyl sites for hydroxylation is 1. The molecule has 168 valence electrons. The van der Waals surface area contributed by atoms with E-state index in [2.05, 4.69) is 29.7 Å². The molecule has 2 aromatic carbocycles. The first kappa shape index (κ1) is 20.9. The molecule has 7 heteroatoms. The van der Waals surface area contributed by atoms with E-state index in [1.165, 1.54) is 5.56 Å². The number of ether oxygens (including phenoxy) is 2. The first-order valence-electron chi connectivity index (χ1n) is 10.9. The standard InChI is InChI=1S/C26H26N4O3/c1-18-7-6-8-20(13-18)30-26(28-11-4-5-12-28)21-16-29(17-22(21)27-30)25(31)15-19-9-10-23(32-2)24(14-19)33-3/h4-14H,15-17H2,1-3H3.